The molecular formula is C12H18BrN3O. The lowest BCUT2D eigenvalue weighted by Gasteiger charge is -2.37. The third-order valence-electron chi connectivity index (χ3n) is 3.53. The summed E-state index contributed by atoms with van der Waals surface area (Å²) in [4.78, 5) is 8.75. The van der Waals surface area contributed by atoms with Crippen LogP contribution in [0.3, 0.4) is 0 Å². The summed E-state index contributed by atoms with van der Waals surface area (Å²) >= 11 is 3.31. The second-order valence-electron chi connectivity index (χ2n) is 4.83. The lowest BCUT2D eigenvalue weighted by Crippen LogP contribution is -2.36. The normalized spacial score (nSPS) is 29.2. The smallest absolute Gasteiger partial charge is 0.162 e. The molecule has 2 atom stereocenters. The van der Waals surface area contributed by atoms with Gasteiger partial charge in [-0.05, 0) is 41.1 Å². The van der Waals surface area contributed by atoms with Crippen molar-refractivity contribution in [3.63, 3.8) is 0 Å². The quantitative estimate of drug-likeness (QED) is 0.912. The lowest BCUT2D eigenvalue weighted by atomic mass is 9.78. The van der Waals surface area contributed by atoms with Gasteiger partial charge in [0.1, 0.15) is 11.4 Å². The van der Waals surface area contributed by atoms with Gasteiger partial charge in [-0.25, -0.2) is 9.97 Å². The SMILES string of the molecule is COC1(c2ncc(Br)c(N)n2)CCCC(C)C1. The molecule has 17 heavy (non-hydrogen) atoms. The maximum absolute atomic E-state index is 5.82. The van der Waals surface area contributed by atoms with E-state index in [0.29, 0.717) is 17.6 Å². The molecule has 2 rings (SSSR count). The fourth-order valence-corrected chi connectivity index (χ4v) is 2.77. The fraction of sp³-hybridized carbons (Fsp3) is 0.667. The number of anilines is 1. The highest BCUT2D eigenvalue weighted by atomic mass is 79.9. The minimum Gasteiger partial charge on any atom is -0.383 e. The van der Waals surface area contributed by atoms with Gasteiger partial charge in [0.2, 0.25) is 0 Å². The number of ether oxygens (including phenoxy) is 1. The summed E-state index contributed by atoms with van der Waals surface area (Å²) in [6, 6.07) is 0. The third-order valence-corrected chi connectivity index (χ3v) is 4.14. The number of nitrogen functional groups attached to an aromatic ring is 1. The molecule has 0 aromatic carbocycles. The zero-order valence-electron chi connectivity index (χ0n) is 10.2. The topological polar surface area (TPSA) is 61.0 Å². The van der Waals surface area contributed by atoms with Crippen LogP contribution >= 0.6 is 15.9 Å². The van der Waals surface area contributed by atoms with Gasteiger partial charge in [-0.1, -0.05) is 13.3 Å². The Bertz CT molecular complexity index is 413. The first-order chi connectivity index (χ1) is 8.07. The predicted molar refractivity (Wildman–Crippen MR) is 70.5 cm³/mol. The van der Waals surface area contributed by atoms with Crippen LogP contribution in [0.4, 0.5) is 5.82 Å². The number of aromatic nitrogens is 2. The van der Waals surface area contributed by atoms with E-state index in [-0.39, 0.29) is 5.60 Å². The highest BCUT2D eigenvalue weighted by Crippen LogP contribution is 2.41. The maximum Gasteiger partial charge on any atom is 0.162 e. The summed E-state index contributed by atoms with van der Waals surface area (Å²) in [7, 11) is 1.74. The van der Waals surface area contributed by atoms with E-state index in [1.165, 1.54) is 6.42 Å². The van der Waals surface area contributed by atoms with Crippen LogP contribution < -0.4 is 5.73 Å². The van der Waals surface area contributed by atoms with Crippen molar-refractivity contribution < 1.29 is 4.74 Å². The number of hydrogen-bond acceptors (Lipinski definition) is 4. The molecule has 0 radical (unpaired) electrons. The Morgan fingerprint density at radius 2 is 2.35 bits per heavy atom. The number of methoxy groups -OCH3 is 1. The van der Waals surface area contributed by atoms with Crippen LogP contribution in [0.2, 0.25) is 0 Å². The summed E-state index contributed by atoms with van der Waals surface area (Å²) in [5, 5.41) is 0. The molecule has 2 N–H and O–H groups in total. The molecule has 1 aromatic heterocycles. The summed E-state index contributed by atoms with van der Waals surface area (Å²) in [5.74, 6) is 1.83. The number of hydrogen-bond donors (Lipinski definition) is 1. The van der Waals surface area contributed by atoms with Gasteiger partial charge in [-0.15, -0.1) is 0 Å². The standard InChI is InChI=1S/C12H18BrN3O/c1-8-4-3-5-12(6-8,17-2)11-15-7-9(13)10(14)16-11/h7-8H,3-6H2,1-2H3,(H2,14,15,16). The molecule has 0 aliphatic heterocycles. The van der Waals surface area contributed by atoms with Crippen molar-refractivity contribution >= 4 is 21.7 Å². The van der Waals surface area contributed by atoms with Gasteiger partial charge in [0, 0.05) is 13.3 Å². The van der Waals surface area contributed by atoms with Crippen molar-refractivity contribution in [2.45, 2.75) is 38.2 Å². The summed E-state index contributed by atoms with van der Waals surface area (Å²) in [5.41, 5.74) is 5.47. The van der Waals surface area contributed by atoms with E-state index in [1.54, 1.807) is 13.3 Å². The molecule has 1 saturated carbocycles. The number of rotatable bonds is 2. The van der Waals surface area contributed by atoms with Gasteiger partial charge in [-0.2, -0.15) is 0 Å². The number of nitrogens with two attached hydrogens (primary N) is 1. The van der Waals surface area contributed by atoms with Crippen LogP contribution in [0.25, 0.3) is 0 Å². The van der Waals surface area contributed by atoms with Crippen LogP contribution in [-0.4, -0.2) is 17.1 Å². The summed E-state index contributed by atoms with van der Waals surface area (Å²) in [6.45, 7) is 2.25. The van der Waals surface area contributed by atoms with Crippen molar-refractivity contribution in [3.8, 4) is 0 Å². The predicted octanol–water partition coefficient (Wildman–Crippen LogP) is 2.87. The number of halogens is 1. The van der Waals surface area contributed by atoms with E-state index in [2.05, 4.69) is 32.8 Å². The maximum atomic E-state index is 5.82. The molecule has 0 saturated heterocycles. The van der Waals surface area contributed by atoms with Crippen LogP contribution in [-0.2, 0) is 10.3 Å². The van der Waals surface area contributed by atoms with Crippen molar-refractivity contribution in [1.82, 2.24) is 9.97 Å². The molecule has 0 amide bonds. The molecule has 0 spiro atoms. The second-order valence-corrected chi connectivity index (χ2v) is 5.68. The van der Waals surface area contributed by atoms with Gasteiger partial charge in [0.15, 0.2) is 5.82 Å². The first kappa shape index (κ1) is 12.8. The Morgan fingerprint density at radius 3 is 2.94 bits per heavy atom. The zero-order valence-corrected chi connectivity index (χ0v) is 11.8. The molecular weight excluding hydrogens is 282 g/mol. The average molecular weight is 300 g/mol. The van der Waals surface area contributed by atoms with Crippen LogP contribution in [0, 0.1) is 5.92 Å². The van der Waals surface area contributed by atoms with Crippen molar-refractivity contribution in [3.05, 3.63) is 16.5 Å². The van der Waals surface area contributed by atoms with Gasteiger partial charge >= 0.3 is 0 Å². The summed E-state index contributed by atoms with van der Waals surface area (Å²) in [6.07, 6.45) is 6.03. The fourth-order valence-electron chi connectivity index (χ4n) is 2.58. The van der Waals surface area contributed by atoms with E-state index >= 15 is 0 Å². The first-order valence-electron chi connectivity index (χ1n) is 5.91. The Kier molecular flexibility index (Phi) is 3.68. The molecule has 4 nitrogen and oxygen atoms in total. The van der Waals surface area contributed by atoms with Gasteiger partial charge in [0.25, 0.3) is 0 Å². The lowest BCUT2D eigenvalue weighted by molar-refractivity contribution is -0.0645. The van der Waals surface area contributed by atoms with E-state index in [9.17, 15) is 0 Å². The Labute approximate surface area is 110 Å². The Balaban J connectivity index is 2.36. The first-order valence-corrected chi connectivity index (χ1v) is 6.70. The minimum absolute atomic E-state index is 0.355. The van der Waals surface area contributed by atoms with Crippen molar-refractivity contribution in [2.75, 3.05) is 12.8 Å². The molecule has 1 heterocycles. The zero-order chi connectivity index (χ0) is 12.5. The molecule has 1 aliphatic rings. The van der Waals surface area contributed by atoms with Gasteiger partial charge < -0.3 is 10.5 Å². The Hall–Kier alpha value is -0.680. The van der Waals surface area contributed by atoms with Gasteiger partial charge in [-0.3, -0.25) is 0 Å². The third kappa shape index (κ3) is 2.45. The molecule has 94 valence electrons. The van der Waals surface area contributed by atoms with E-state index in [4.69, 9.17) is 10.5 Å². The Morgan fingerprint density at radius 1 is 1.59 bits per heavy atom. The molecule has 1 aromatic rings. The van der Waals surface area contributed by atoms with E-state index in [1.807, 2.05) is 0 Å². The second kappa shape index (κ2) is 4.90. The average Bonchev–Trinajstić information content (AvgIpc) is 2.32. The van der Waals surface area contributed by atoms with Crippen LogP contribution in [0.15, 0.2) is 10.7 Å². The van der Waals surface area contributed by atoms with E-state index < -0.39 is 0 Å². The molecule has 2 unspecified atom stereocenters. The van der Waals surface area contributed by atoms with Crippen LogP contribution in [0.5, 0.6) is 0 Å². The summed E-state index contributed by atoms with van der Waals surface area (Å²) < 4.78 is 6.47. The van der Waals surface area contributed by atoms with Crippen LogP contribution in [0.1, 0.15) is 38.4 Å². The minimum atomic E-state index is -0.355. The number of nitrogens with zero attached hydrogens (tertiary/aromatic N) is 2. The highest BCUT2D eigenvalue weighted by molar-refractivity contribution is 9.10. The molecule has 1 fully saturated rings. The highest BCUT2D eigenvalue weighted by Gasteiger charge is 2.39. The molecule has 1 aliphatic carbocycles. The van der Waals surface area contributed by atoms with Gasteiger partial charge in [0.05, 0.1) is 4.47 Å². The largest absolute Gasteiger partial charge is 0.383 e. The van der Waals surface area contributed by atoms with Crippen molar-refractivity contribution in [1.29, 1.82) is 0 Å². The monoisotopic (exact) mass is 299 g/mol. The molecule has 0 bridgehead atoms. The molecule has 5 heteroatoms. The van der Waals surface area contributed by atoms with E-state index in [0.717, 1.165) is 23.7 Å². The van der Waals surface area contributed by atoms with Crippen molar-refractivity contribution in [2.24, 2.45) is 5.92 Å².